The second-order valence-electron chi connectivity index (χ2n) is 4.35. The molecule has 2 heteroatoms. The number of hydrogen-bond acceptors (Lipinski definition) is 2. The summed E-state index contributed by atoms with van der Waals surface area (Å²) in [5.74, 6) is 0. The lowest BCUT2D eigenvalue weighted by molar-refractivity contribution is 0.277. The van der Waals surface area contributed by atoms with E-state index in [9.17, 15) is 0 Å². The number of rotatable bonds is 8. The first-order valence-corrected chi connectivity index (χ1v) is 5.88. The second kappa shape index (κ2) is 6.20. The molecule has 0 bridgehead atoms. The van der Waals surface area contributed by atoms with Gasteiger partial charge in [0, 0.05) is 25.2 Å². The fraction of sp³-hybridized carbons (Fsp3) is 0.833. The van der Waals surface area contributed by atoms with Gasteiger partial charge < -0.3 is 5.73 Å². The van der Waals surface area contributed by atoms with Crippen LogP contribution in [-0.2, 0) is 0 Å². The molecule has 1 unspecified atom stereocenters. The highest BCUT2D eigenvalue weighted by Crippen LogP contribution is 2.26. The molecule has 0 aliphatic heterocycles. The van der Waals surface area contributed by atoms with Crippen molar-refractivity contribution >= 4 is 0 Å². The van der Waals surface area contributed by atoms with E-state index in [1.807, 2.05) is 6.08 Å². The van der Waals surface area contributed by atoms with Crippen molar-refractivity contribution in [3.63, 3.8) is 0 Å². The van der Waals surface area contributed by atoms with Crippen molar-refractivity contribution in [2.24, 2.45) is 5.73 Å². The maximum atomic E-state index is 6.00. The first-order chi connectivity index (χ1) is 6.77. The SMILES string of the molecule is C=CCN(CCC(N)CCC)C1CC1. The quantitative estimate of drug-likeness (QED) is 0.603. The molecule has 0 aromatic carbocycles. The van der Waals surface area contributed by atoms with Gasteiger partial charge >= 0.3 is 0 Å². The molecule has 2 N–H and O–H groups in total. The van der Waals surface area contributed by atoms with Crippen molar-refractivity contribution in [1.82, 2.24) is 4.90 Å². The summed E-state index contributed by atoms with van der Waals surface area (Å²) in [6, 6.07) is 1.23. The van der Waals surface area contributed by atoms with Crippen molar-refractivity contribution in [3.8, 4) is 0 Å². The van der Waals surface area contributed by atoms with Crippen LogP contribution in [0, 0.1) is 0 Å². The Kier molecular flexibility index (Phi) is 5.20. The van der Waals surface area contributed by atoms with Crippen LogP contribution in [0.3, 0.4) is 0 Å². The zero-order valence-corrected chi connectivity index (χ0v) is 9.41. The molecule has 0 saturated heterocycles. The first kappa shape index (κ1) is 11.7. The van der Waals surface area contributed by atoms with Crippen LogP contribution in [0.5, 0.6) is 0 Å². The van der Waals surface area contributed by atoms with Crippen LogP contribution < -0.4 is 5.73 Å². The molecule has 82 valence electrons. The summed E-state index contributed by atoms with van der Waals surface area (Å²) in [7, 11) is 0. The van der Waals surface area contributed by atoms with Gasteiger partial charge in [0.05, 0.1) is 0 Å². The van der Waals surface area contributed by atoms with Crippen LogP contribution in [-0.4, -0.2) is 30.1 Å². The Balaban J connectivity index is 2.15. The highest BCUT2D eigenvalue weighted by Gasteiger charge is 2.27. The maximum Gasteiger partial charge on any atom is 0.0163 e. The summed E-state index contributed by atoms with van der Waals surface area (Å²) in [4.78, 5) is 2.52. The smallest absolute Gasteiger partial charge is 0.0163 e. The Labute approximate surface area is 88.2 Å². The minimum Gasteiger partial charge on any atom is -0.328 e. The number of nitrogens with two attached hydrogens (primary N) is 1. The van der Waals surface area contributed by atoms with E-state index in [-0.39, 0.29) is 0 Å². The zero-order chi connectivity index (χ0) is 10.4. The predicted octanol–water partition coefficient (Wildman–Crippen LogP) is 2.15. The van der Waals surface area contributed by atoms with Gasteiger partial charge in [-0.2, -0.15) is 0 Å². The molecule has 1 atom stereocenters. The van der Waals surface area contributed by atoms with E-state index in [1.54, 1.807) is 0 Å². The standard InChI is InChI=1S/C12H24N2/c1-3-5-11(13)8-10-14(9-4-2)12-6-7-12/h4,11-12H,2-3,5-10,13H2,1H3. The zero-order valence-electron chi connectivity index (χ0n) is 9.41. The molecule has 1 aliphatic rings. The number of nitrogens with zero attached hydrogens (tertiary/aromatic N) is 1. The molecule has 0 amide bonds. The summed E-state index contributed by atoms with van der Waals surface area (Å²) in [5.41, 5.74) is 6.00. The summed E-state index contributed by atoms with van der Waals surface area (Å²) >= 11 is 0. The minimum absolute atomic E-state index is 0.395. The summed E-state index contributed by atoms with van der Waals surface area (Å²) in [6.07, 6.45) is 8.24. The van der Waals surface area contributed by atoms with E-state index >= 15 is 0 Å². The fourth-order valence-corrected chi connectivity index (χ4v) is 1.88. The van der Waals surface area contributed by atoms with Crippen molar-refractivity contribution in [1.29, 1.82) is 0 Å². The van der Waals surface area contributed by atoms with Crippen molar-refractivity contribution in [3.05, 3.63) is 12.7 Å². The lowest BCUT2D eigenvalue weighted by Crippen LogP contribution is -2.32. The summed E-state index contributed by atoms with van der Waals surface area (Å²) < 4.78 is 0. The molecule has 0 aromatic heterocycles. The molecule has 0 spiro atoms. The van der Waals surface area contributed by atoms with Crippen LogP contribution in [0.15, 0.2) is 12.7 Å². The van der Waals surface area contributed by atoms with Gasteiger partial charge in [0.2, 0.25) is 0 Å². The highest BCUT2D eigenvalue weighted by molar-refractivity contribution is 4.88. The van der Waals surface area contributed by atoms with E-state index in [4.69, 9.17) is 5.73 Å². The summed E-state index contributed by atoms with van der Waals surface area (Å²) in [5, 5.41) is 0. The van der Waals surface area contributed by atoms with Crippen molar-refractivity contribution in [2.75, 3.05) is 13.1 Å². The van der Waals surface area contributed by atoms with Crippen molar-refractivity contribution in [2.45, 2.75) is 51.1 Å². The molecule has 2 nitrogen and oxygen atoms in total. The molecule has 14 heavy (non-hydrogen) atoms. The Morgan fingerprint density at radius 2 is 2.21 bits per heavy atom. The Hall–Kier alpha value is -0.340. The minimum atomic E-state index is 0.395. The maximum absolute atomic E-state index is 6.00. The number of hydrogen-bond donors (Lipinski definition) is 1. The Morgan fingerprint density at radius 1 is 1.50 bits per heavy atom. The van der Waals surface area contributed by atoms with Gasteiger partial charge in [-0.1, -0.05) is 19.4 Å². The molecule has 0 radical (unpaired) electrons. The van der Waals surface area contributed by atoms with Crippen LogP contribution >= 0.6 is 0 Å². The highest BCUT2D eigenvalue weighted by atomic mass is 15.2. The third kappa shape index (κ3) is 4.25. The lowest BCUT2D eigenvalue weighted by Gasteiger charge is -2.21. The fourth-order valence-electron chi connectivity index (χ4n) is 1.88. The van der Waals surface area contributed by atoms with Crippen LogP contribution in [0.1, 0.15) is 39.0 Å². The third-order valence-electron chi connectivity index (χ3n) is 2.87. The van der Waals surface area contributed by atoms with E-state index in [0.717, 1.165) is 32.0 Å². The molecule has 1 saturated carbocycles. The van der Waals surface area contributed by atoms with E-state index < -0.39 is 0 Å². The van der Waals surface area contributed by atoms with E-state index in [0.29, 0.717) is 6.04 Å². The van der Waals surface area contributed by atoms with Crippen molar-refractivity contribution < 1.29 is 0 Å². The van der Waals surface area contributed by atoms with E-state index in [1.165, 1.54) is 19.3 Å². The van der Waals surface area contributed by atoms with Crippen LogP contribution in [0.4, 0.5) is 0 Å². The monoisotopic (exact) mass is 196 g/mol. The predicted molar refractivity (Wildman–Crippen MR) is 62.3 cm³/mol. The third-order valence-corrected chi connectivity index (χ3v) is 2.87. The van der Waals surface area contributed by atoms with Gasteiger partial charge in [0.15, 0.2) is 0 Å². The molecule has 0 aromatic rings. The largest absolute Gasteiger partial charge is 0.328 e. The van der Waals surface area contributed by atoms with Gasteiger partial charge in [-0.15, -0.1) is 6.58 Å². The Morgan fingerprint density at radius 3 is 2.71 bits per heavy atom. The van der Waals surface area contributed by atoms with Gasteiger partial charge in [-0.05, 0) is 25.7 Å². The average molecular weight is 196 g/mol. The molecule has 1 fully saturated rings. The molecule has 1 rings (SSSR count). The van der Waals surface area contributed by atoms with Gasteiger partial charge in [-0.3, -0.25) is 4.90 Å². The van der Waals surface area contributed by atoms with Gasteiger partial charge in [-0.25, -0.2) is 0 Å². The van der Waals surface area contributed by atoms with Gasteiger partial charge in [0.1, 0.15) is 0 Å². The van der Waals surface area contributed by atoms with E-state index in [2.05, 4.69) is 18.4 Å². The topological polar surface area (TPSA) is 29.3 Å². The summed E-state index contributed by atoms with van der Waals surface area (Å²) in [6.45, 7) is 8.18. The molecular weight excluding hydrogens is 172 g/mol. The molecule has 0 heterocycles. The Bertz CT molecular complexity index is 164. The van der Waals surface area contributed by atoms with Gasteiger partial charge in [0.25, 0.3) is 0 Å². The van der Waals surface area contributed by atoms with Crippen LogP contribution in [0.25, 0.3) is 0 Å². The molecule has 1 aliphatic carbocycles. The van der Waals surface area contributed by atoms with Crippen LogP contribution in [0.2, 0.25) is 0 Å². The molecular formula is C12H24N2. The normalized spacial score (nSPS) is 18.5. The first-order valence-electron chi connectivity index (χ1n) is 5.88. The average Bonchev–Trinajstić information content (AvgIpc) is 2.96. The second-order valence-corrected chi connectivity index (χ2v) is 4.35. The lowest BCUT2D eigenvalue weighted by atomic mass is 10.1.